The Morgan fingerprint density at radius 1 is 0.429 bits per heavy atom. The van der Waals surface area contributed by atoms with Crippen LogP contribution in [0.4, 0.5) is 0 Å². The highest BCUT2D eigenvalue weighted by Crippen LogP contribution is 2.12. The van der Waals surface area contributed by atoms with Gasteiger partial charge in [0.15, 0.2) is 0 Å². The molecule has 0 heterocycles. The zero-order chi connectivity index (χ0) is 26.2. The van der Waals surface area contributed by atoms with Crippen molar-refractivity contribution in [1.29, 1.82) is 0 Å². The summed E-state index contributed by atoms with van der Waals surface area (Å²) in [6.07, 6.45) is 34.4. The molecule has 0 aromatic rings. The molecule has 0 spiro atoms. The van der Waals surface area contributed by atoms with Crippen LogP contribution in [0.25, 0.3) is 0 Å². The quantitative estimate of drug-likeness (QED) is 0.0922. The van der Waals surface area contributed by atoms with Gasteiger partial charge in [0.2, 0.25) is 0 Å². The third-order valence-corrected chi connectivity index (χ3v) is 6.40. The minimum atomic E-state index is -0.666. The second-order valence-corrected chi connectivity index (χ2v) is 10.1. The predicted octanol–water partition coefficient (Wildman–Crippen LogP) is 10.5. The van der Waals surface area contributed by atoms with Crippen LogP contribution in [0.2, 0.25) is 0 Å². The molecule has 0 unspecified atom stereocenters. The van der Waals surface area contributed by atoms with Gasteiger partial charge >= 0.3 is 11.9 Å². The lowest BCUT2D eigenvalue weighted by Crippen LogP contribution is -1.93. The molecule has 0 aliphatic heterocycles. The van der Waals surface area contributed by atoms with E-state index in [9.17, 15) is 9.59 Å². The van der Waals surface area contributed by atoms with Crippen LogP contribution in [0.5, 0.6) is 0 Å². The van der Waals surface area contributed by atoms with Crippen LogP contribution in [0.3, 0.4) is 0 Å². The van der Waals surface area contributed by atoms with Crippen molar-refractivity contribution in [3.05, 3.63) is 12.2 Å². The fourth-order valence-corrected chi connectivity index (χ4v) is 4.11. The van der Waals surface area contributed by atoms with Gasteiger partial charge in [0.05, 0.1) is 0 Å². The summed E-state index contributed by atoms with van der Waals surface area (Å²) in [6, 6.07) is 0. The molecule has 0 bridgehead atoms. The van der Waals surface area contributed by atoms with E-state index >= 15 is 0 Å². The molecule has 0 amide bonds. The van der Waals surface area contributed by atoms with Crippen molar-refractivity contribution in [2.75, 3.05) is 0 Å². The smallest absolute Gasteiger partial charge is 0.303 e. The third-order valence-electron chi connectivity index (χ3n) is 6.40. The van der Waals surface area contributed by atoms with Crippen molar-refractivity contribution in [2.24, 2.45) is 0 Å². The largest absolute Gasteiger partial charge is 0.481 e. The van der Waals surface area contributed by atoms with Gasteiger partial charge in [0.1, 0.15) is 0 Å². The molecular weight excluding hydrogens is 436 g/mol. The number of carboxylic acid groups (broad SMARTS) is 2. The highest BCUT2D eigenvalue weighted by atomic mass is 16.4. The molecule has 208 valence electrons. The number of carboxylic acids is 2. The lowest BCUT2D eigenvalue weighted by molar-refractivity contribution is -0.138. The molecule has 0 aliphatic carbocycles. The molecule has 0 saturated carbocycles. The first-order valence-corrected chi connectivity index (χ1v) is 15.1. The van der Waals surface area contributed by atoms with E-state index < -0.39 is 11.9 Å². The fraction of sp³-hybridized carbons (Fsp3) is 0.871. The normalized spacial score (nSPS) is 10.9. The molecule has 0 aromatic heterocycles. The number of hydrogen-bond acceptors (Lipinski definition) is 2. The molecule has 0 aliphatic rings. The summed E-state index contributed by atoms with van der Waals surface area (Å²) in [6.45, 7) is 4.45. The summed E-state index contributed by atoms with van der Waals surface area (Å²) >= 11 is 0. The van der Waals surface area contributed by atoms with Crippen LogP contribution in [-0.2, 0) is 9.59 Å². The Morgan fingerprint density at radius 2 is 0.686 bits per heavy atom. The van der Waals surface area contributed by atoms with E-state index in [2.05, 4.69) is 26.0 Å². The Balaban J connectivity index is 0. The first-order chi connectivity index (χ1) is 17.0. The molecule has 4 nitrogen and oxygen atoms in total. The Bertz CT molecular complexity index is 459. The number of allylic oxidation sites excluding steroid dienone is 2. The summed E-state index contributed by atoms with van der Waals surface area (Å²) in [5.41, 5.74) is 0. The van der Waals surface area contributed by atoms with Crippen molar-refractivity contribution in [3.8, 4) is 0 Å². The monoisotopic (exact) mass is 496 g/mol. The lowest BCUT2D eigenvalue weighted by Gasteiger charge is -2.01. The lowest BCUT2D eigenvalue weighted by atomic mass is 10.1. The Morgan fingerprint density at radius 3 is 0.971 bits per heavy atom. The van der Waals surface area contributed by atoms with Crippen molar-refractivity contribution >= 4 is 11.9 Å². The van der Waals surface area contributed by atoms with Crippen LogP contribution in [0.1, 0.15) is 174 Å². The maximum absolute atomic E-state index is 10.4. The summed E-state index contributed by atoms with van der Waals surface area (Å²) in [5, 5.41) is 16.9. The molecule has 4 heteroatoms. The van der Waals surface area contributed by atoms with Gasteiger partial charge in [-0.3, -0.25) is 9.59 Å². The fourth-order valence-electron chi connectivity index (χ4n) is 4.11. The van der Waals surface area contributed by atoms with Crippen LogP contribution in [-0.4, -0.2) is 22.2 Å². The van der Waals surface area contributed by atoms with Gasteiger partial charge in [-0.2, -0.15) is 0 Å². The van der Waals surface area contributed by atoms with E-state index in [1.807, 2.05) is 0 Å². The van der Waals surface area contributed by atoms with E-state index in [0.29, 0.717) is 12.8 Å². The molecule has 0 radical (unpaired) electrons. The van der Waals surface area contributed by atoms with E-state index in [4.69, 9.17) is 10.2 Å². The van der Waals surface area contributed by atoms with Crippen molar-refractivity contribution in [3.63, 3.8) is 0 Å². The topological polar surface area (TPSA) is 74.6 Å². The molecule has 0 aromatic carbocycles. The minimum Gasteiger partial charge on any atom is -0.481 e. The number of carbonyl (C=O) groups is 2. The zero-order valence-electron chi connectivity index (χ0n) is 23.5. The third kappa shape index (κ3) is 40.1. The number of aliphatic carboxylic acids is 2. The van der Waals surface area contributed by atoms with Gasteiger partial charge < -0.3 is 10.2 Å². The maximum Gasteiger partial charge on any atom is 0.303 e. The molecule has 35 heavy (non-hydrogen) atoms. The minimum absolute atomic E-state index is 0.339. The van der Waals surface area contributed by atoms with E-state index in [0.717, 1.165) is 25.7 Å². The van der Waals surface area contributed by atoms with Gasteiger partial charge in [0.25, 0.3) is 0 Å². The van der Waals surface area contributed by atoms with Gasteiger partial charge in [-0.05, 0) is 38.5 Å². The summed E-state index contributed by atoms with van der Waals surface area (Å²) in [4.78, 5) is 20.5. The van der Waals surface area contributed by atoms with E-state index in [1.54, 1.807) is 0 Å². The number of hydrogen-bond donors (Lipinski definition) is 2. The van der Waals surface area contributed by atoms with Crippen molar-refractivity contribution in [1.82, 2.24) is 0 Å². The molecule has 0 rings (SSSR count). The molecule has 2 N–H and O–H groups in total. The number of unbranched alkanes of at least 4 members (excludes halogenated alkanes) is 20. The SMILES string of the molecule is CCCCCCCC/C=C\CCCCCCCCCCCC(=O)O.CCCCCCCCC(=O)O. The molecular formula is C31H60O4. The predicted molar refractivity (Wildman–Crippen MR) is 151 cm³/mol. The molecule has 0 fully saturated rings. The first-order valence-electron chi connectivity index (χ1n) is 15.1. The maximum atomic E-state index is 10.4. The summed E-state index contributed by atoms with van der Waals surface area (Å²) < 4.78 is 0. The Kier molecular flexibility index (Phi) is 33.5. The number of rotatable bonds is 26. The second-order valence-electron chi connectivity index (χ2n) is 10.1. The molecule has 0 saturated heterocycles. The summed E-state index contributed by atoms with van der Waals surface area (Å²) in [5.74, 6) is -1.32. The Labute approximate surface area is 218 Å². The van der Waals surface area contributed by atoms with Crippen LogP contribution in [0.15, 0.2) is 12.2 Å². The van der Waals surface area contributed by atoms with Crippen LogP contribution >= 0.6 is 0 Å². The van der Waals surface area contributed by atoms with Gasteiger partial charge in [-0.15, -0.1) is 0 Å². The summed E-state index contributed by atoms with van der Waals surface area (Å²) in [7, 11) is 0. The van der Waals surface area contributed by atoms with Gasteiger partial charge in [-0.1, -0.05) is 135 Å². The van der Waals surface area contributed by atoms with Crippen LogP contribution < -0.4 is 0 Å². The first kappa shape index (κ1) is 35.8. The average molecular weight is 497 g/mol. The van der Waals surface area contributed by atoms with E-state index in [1.165, 1.54) is 122 Å². The zero-order valence-corrected chi connectivity index (χ0v) is 23.5. The standard InChI is InChI=1S/C22H42O2.C9H18O2/c1-2-3-4-5-6-7-8-9-10-11-12-13-14-15-16-17-18-19-20-21-22(23)24;1-2-3-4-5-6-7-8-9(10)11/h9-10H,2-8,11-21H2,1H3,(H,23,24);2-8H2,1H3,(H,10,11)/b10-9-;. The van der Waals surface area contributed by atoms with Gasteiger partial charge in [-0.25, -0.2) is 0 Å². The Hall–Kier alpha value is -1.32. The van der Waals surface area contributed by atoms with Crippen molar-refractivity contribution < 1.29 is 19.8 Å². The van der Waals surface area contributed by atoms with Crippen molar-refractivity contribution in [2.45, 2.75) is 174 Å². The van der Waals surface area contributed by atoms with E-state index in [-0.39, 0.29) is 0 Å². The van der Waals surface area contributed by atoms with Crippen LogP contribution in [0, 0.1) is 0 Å². The average Bonchev–Trinajstić information content (AvgIpc) is 2.83. The second kappa shape index (κ2) is 32.7. The highest BCUT2D eigenvalue weighted by molar-refractivity contribution is 5.66. The van der Waals surface area contributed by atoms with Gasteiger partial charge in [0, 0.05) is 12.8 Å². The molecule has 0 atom stereocenters. The highest BCUT2D eigenvalue weighted by Gasteiger charge is 1.97.